The highest BCUT2D eigenvalue weighted by Gasteiger charge is 2.50. The molecule has 2 heterocycles. The number of nitrogens with zero attached hydrogens (tertiary/aromatic N) is 1. The van der Waals surface area contributed by atoms with Gasteiger partial charge in [-0.2, -0.15) is 0 Å². The number of hydrogen-bond acceptors (Lipinski definition) is 3. The van der Waals surface area contributed by atoms with Crippen LogP contribution in [0.3, 0.4) is 0 Å². The van der Waals surface area contributed by atoms with Crippen molar-refractivity contribution in [3.63, 3.8) is 0 Å². The molecular formula is C43H27NS2. The fourth-order valence-electron chi connectivity index (χ4n) is 7.85. The number of fused-ring (bicyclic) bond motifs is 12. The van der Waals surface area contributed by atoms with E-state index >= 15 is 0 Å². The quantitative estimate of drug-likeness (QED) is 0.193. The Balaban J connectivity index is 1.29. The Kier molecular flexibility index (Phi) is 5.66. The summed E-state index contributed by atoms with van der Waals surface area (Å²) in [7, 11) is 0. The third kappa shape index (κ3) is 3.58. The van der Waals surface area contributed by atoms with Crippen molar-refractivity contribution < 1.29 is 0 Å². The number of benzene rings is 7. The van der Waals surface area contributed by atoms with Gasteiger partial charge in [0.25, 0.3) is 0 Å². The van der Waals surface area contributed by atoms with Crippen LogP contribution in [0.25, 0.3) is 31.3 Å². The van der Waals surface area contributed by atoms with Crippen molar-refractivity contribution in [2.75, 3.05) is 4.90 Å². The highest BCUT2D eigenvalue weighted by molar-refractivity contribution is 7.99. The number of anilines is 3. The molecule has 0 unspecified atom stereocenters. The Bertz CT molecular complexity index is 2370. The zero-order valence-electron chi connectivity index (χ0n) is 24.9. The average molecular weight is 622 g/mol. The molecule has 0 fully saturated rings. The second kappa shape index (κ2) is 9.95. The first kappa shape index (κ1) is 26.2. The van der Waals surface area contributed by atoms with E-state index in [-0.39, 0.29) is 0 Å². The third-order valence-corrected chi connectivity index (χ3v) is 12.0. The molecule has 8 aromatic rings. The van der Waals surface area contributed by atoms with Crippen LogP contribution in [0.4, 0.5) is 17.1 Å². The van der Waals surface area contributed by atoms with Crippen molar-refractivity contribution in [2.24, 2.45) is 0 Å². The predicted molar refractivity (Wildman–Crippen MR) is 195 cm³/mol. The normalized spacial score (nSPS) is 13.7. The van der Waals surface area contributed by atoms with Gasteiger partial charge in [-0.15, -0.1) is 11.3 Å². The lowest BCUT2D eigenvalue weighted by Gasteiger charge is -2.40. The highest BCUT2D eigenvalue weighted by atomic mass is 32.2. The molecule has 3 heteroatoms. The molecule has 1 spiro atoms. The van der Waals surface area contributed by atoms with Gasteiger partial charge in [0.1, 0.15) is 0 Å². The number of rotatable bonds is 3. The zero-order valence-corrected chi connectivity index (χ0v) is 26.5. The van der Waals surface area contributed by atoms with E-state index in [0.717, 1.165) is 17.1 Å². The molecule has 0 saturated carbocycles. The van der Waals surface area contributed by atoms with Gasteiger partial charge in [-0.3, -0.25) is 0 Å². The molecule has 0 amide bonds. The van der Waals surface area contributed by atoms with Crippen molar-refractivity contribution in [1.29, 1.82) is 0 Å². The molecule has 216 valence electrons. The van der Waals surface area contributed by atoms with E-state index in [0.29, 0.717) is 0 Å². The fraction of sp³-hybridized carbons (Fsp3) is 0.0233. The Morgan fingerprint density at radius 1 is 0.391 bits per heavy atom. The highest BCUT2D eigenvalue weighted by Crippen LogP contribution is 2.63. The SMILES string of the molecule is c1ccc(N(c2ccccc2)c2ccc3c(c2)Sc2cc4sc5ccccc5c4cc2C32c3ccccc3-c3ccccc32)cc1. The fourth-order valence-corrected chi connectivity index (χ4v) is 10.3. The van der Waals surface area contributed by atoms with Crippen LogP contribution in [0, 0.1) is 0 Å². The van der Waals surface area contributed by atoms with Gasteiger partial charge in [0, 0.05) is 47.0 Å². The number of para-hydroxylation sites is 2. The second-order valence-electron chi connectivity index (χ2n) is 12.1. The van der Waals surface area contributed by atoms with E-state index in [2.05, 4.69) is 169 Å². The maximum Gasteiger partial charge on any atom is 0.0735 e. The molecule has 7 aromatic carbocycles. The average Bonchev–Trinajstić information content (AvgIpc) is 3.62. The molecule has 0 N–H and O–H groups in total. The van der Waals surface area contributed by atoms with Gasteiger partial charge in [-0.05, 0) is 88.0 Å². The maximum absolute atomic E-state index is 2.52. The van der Waals surface area contributed by atoms with Gasteiger partial charge in [0.05, 0.1) is 5.41 Å². The Morgan fingerprint density at radius 2 is 0.978 bits per heavy atom. The van der Waals surface area contributed by atoms with Crippen LogP contribution in [0.2, 0.25) is 0 Å². The van der Waals surface area contributed by atoms with Gasteiger partial charge in [-0.1, -0.05) is 121 Å². The molecule has 1 aliphatic heterocycles. The van der Waals surface area contributed by atoms with Crippen LogP contribution < -0.4 is 4.90 Å². The molecule has 0 saturated heterocycles. The lowest BCUT2D eigenvalue weighted by atomic mass is 9.67. The minimum atomic E-state index is -0.414. The van der Waals surface area contributed by atoms with E-state index in [9.17, 15) is 0 Å². The summed E-state index contributed by atoms with van der Waals surface area (Å²) in [5.74, 6) is 0. The lowest BCUT2D eigenvalue weighted by Crippen LogP contribution is -2.32. The number of thiophene rings is 1. The van der Waals surface area contributed by atoms with Crippen molar-refractivity contribution in [1.82, 2.24) is 0 Å². The summed E-state index contributed by atoms with van der Waals surface area (Å²) in [4.78, 5) is 5.00. The molecular weight excluding hydrogens is 595 g/mol. The van der Waals surface area contributed by atoms with Crippen LogP contribution in [0.1, 0.15) is 22.3 Å². The molecule has 46 heavy (non-hydrogen) atoms. The van der Waals surface area contributed by atoms with Gasteiger partial charge in [0.15, 0.2) is 0 Å². The summed E-state index contributed by atoms with van der Waals surface area (Å²) in [6.45, 7) is 0. The molecule has 1 nitrogen and oxygen atoms in total. The standard InChI is InChI=1S/C43H27NS2/c1-3-13-28(14-4-1)44(29-15-5-2-6-16-29)30-23-24-37-41(25-30)46-42-27-40-34(33-19-9-12-22-39(33)45-40)26-38(42)43(37)35-20-10-7-17-31(35)32-18-8-11-21-36(32)43/h1-27H. The summed E-state index contributed by atoms with van der Waals surface area (Å²) >= 11 is 3.82. The summed E-state index contributed by atoms with van der Waals surface area (Å²) in [6.07, 6.45) is 0. The van der Waals surface area contributed by atoms with Crippen LogP contribution >= 0.6 is 23.1 Å². The van der Waals surface area contributed by atoms with Crippen LogP contribution in [-0.2, 0) is 5.41 Å². The van der Waals surface area contributed by atoms with E-state index in [1.165, 1.54) is 63.3 Å². The minimum Gasteiger partial charge on any atom is -0.310 e. The van der Waals surface area contributed by atoms with Crippen LogP contribution in [0.5, 0.6) is 0 Å². The summed E-state index contributed by atoms with van der Waals surface area (Å²) in [5.41, 5.74) is 11.2. The Morgan fingerprint density at radius 3 is 1.67 bits per heavy atom. The second-order valence-corrected chi connectivity index (χ2v) is 14.2. The van der Waals surface area contributed by atoms with Crippen LogP contribution in [-0.4, -0.2) is 0 Å². The molecule has 0 bridgehead atoms. The topological polar surface area (TPSA) is 3.24 Å². The summed E-state index contributed by atoms with van der Waals surface area (Å²) < 4.78 is 2.68. The smallest absolute Gasteiger partial charge is 0.0735 e. The van der Waals surface area contributed by atoms with E-state index in [4.69, 9.17) is 0 Å². The minimum absolute atomic E-state index is 0.414. The molecule has 1 aromatic heterocycles. The maximum atomic E-state index is 2.52. The number of hydrogen-bond donors (Lipinski definition) is 0. The molecule has 1 aliphatic carbocycles. The zero-order chi connectivity index (χ0) is 30.2. The molecule has 0 atom stereocenters. The molecule has 10 rings (SSSR count). The monoisotopic (exact) mass is 621 g/mol. The van der Waals surface area contributed by atoms with Gasteiger partial charge in [0.2, 0.25) is 0 Å². The van der Waals surface area contributed by atoms with Gasteiger partial charge < -0.3 is 4.90 Å². The lowest BCUT2D eigenvalue weighted by molar-refractivity contribution is 0.724. The largest absolute Gasteiger partial charge is 0.310 e. The van der Waals surface area contributed by atoms with E-state index in [1.54, 1.807) is 0 Å². The van der Waals surface area contributed by atoms with Crippen molar-refractivity contribution in [3.05, 3.63) is 186 Å². The van der Waals surface area contributed by atoms with E-state index < -0.39 is 5.41 Å². The van der Waals surface area contributed by atoms with Gasteiger partial charge in [-0.25, -0.2) is 0 Å². The van der Waals surface area contributed by atoms with Crippen LogP contribution in [0.15, 0.2) is 174 Å². The molecule has 2 aliphatic rings. The summed E-state index contributed by atoms with van der Waals surface area (Å²) in [6, 6.07) is 60.6. The Hall–Kier alpha value is -5.09. The predicted octanol–water partition coefficient (Wildman–Crippen LogP) is 12.4. The van der Waals surface area contributed by atoms with Crippen molar-refractivity contribution in [2.45, 2.75) is 15.2 Å². The first-order valence-electron chi connectivity index (χ1n) is 15.7. The molecule has 0 radical (unpaired) electrons. The van der Waals surface area contributed by atoms with Gasteiger partial charge >= 0.3 is 0 Å². The Labute approximate surface area is 276 Å². The summed E-state index contributed by atoms with van der Waals surface area (Å²) in [5, 5.41) is 2.69. The van der Waals surface area contributed by atoms with Crippen molar-refractivity contribution in [3.8, 4) is 11.1 Å². The first-order valence-corrected chi connectivity index (χ1v) is 17.3. The third-order valence-electron chi connectivity index (χ3n) is 9.71. The first-order chi connectivity index (χ1) is 22.8. The van der Waals surface area contributed by atoms with Crippen molar-refractivity contribution >= 4 is 60.3 Å². The van der Waals surface area contributed by atoms with E-state index in [1.807, 2.05) is 23.1 Å².